The van der Waals surface area contributed by atoms with Gasteiger partial charge in [-0.05, 0) is 24.4 Å². The van der Waals surface area contributed by atoms with Gasteiger partial charge in [0.05, 0.1) is 24.5 Å². The first-order valence-corrected chi connectivity index (χ1v) is 8.13. The van der Waals surface area contributed by atoms with Gasteiger partial charge in [-0.15, -0.1) is 0 Å². The van der Waals surface area contributed by atoms with Gasteiger partial charge in [-0.1, -0.05) is 29.3 Å². The summed E-state index contributed by atoms with van der Waals surface area (Å²) in [7, 11) is 0. The van der Waals surface area contributed by atoms with Crippen molar-refractivity contribution in [2.75, 3.05) is 39.4 Å². The van der Waals surface area contributed by atoms with Gasteiger partial charge < -0.3 is 10.1 Å². The zero-order valence-electron chi connectivity index (χ0n) is 12.0. The molecule has 2 N–H and O–H groups in total. The number of halogens is 2. The molecule has 0 radical (unpaired) electrons. The standard InChI is InChI=1S/C14H18Cl2N4OS/c15-12-2-1-11(13(16)9-12)10-18-19-14(22)17-3-4-20-5-7-21-8-6-20/h1-2,9-10H,3-8H2,(H2,17,19,22)/b18-10-. The van der Waals surface area contributed by atoms with Crippen molar-refractivity contribution in [3.8, 4) is 0 Å². The molecule has 0 aliphatic carbocycles. The zero-order chi connectivity index (χ0) is 15.8. The molecule has 22 heavy (non-hydrogen) atoms. The summed E-state index contributed by atoms with van der Waals surface area (Å²) in [5, 5.41) is 8.79. The van der Waals surface area contributed by atoms with Crippen LogP contribution in [-0.4, -0.2) is 55.6 Å². The van der Waals surface area contributed by atoms with Crippen molar-refractivity contribution < 1.29 is 4.74 Å². The number of thiocarbonyl (C=S) groups is 1. The lowest BCUT2D eigenvalue weighted by Gasteiger charge is -2.26. The van der Waals surface area contributed by atoms with Gasteiger partial charge >= 0.3 is 0 Å². The summed E-state index contributed by atoms with van der Waals surface area (Å²) in [6, 6.07) is 5.22. The number of hydrogen-bond donors (Lipinski definition) is 2. The highest BCUT2D eigenvalue weighted by molar-refractivity contribution is 7.80. The summed E-state index contributed by atoms with van der Waals surface area (Å²) in [6.07, 6.45) is 1.61. The molecule has 1 aliphatic heterocycles. The average Bonchev–Trinajstić information content (AvgIpc) is 2.50. The van der Waals surface area contributed by atoms with Crippen LogP contribution >= 0.6 is 35.4 Å². The maximum Gasteiger partial charge on any atom is 0.187 e. The van der Waals surface area contributed by atoms with E-state index in [0.29, 0.717) is 15.2 Å². The molecule has 1 fully saturated rings. The normalized spacial score (nSPS) is 15.9. The van der Waals surface area contributed by atoms with E-state index in [9.17, 15) is 0 Å². The maximum atomic E-state index is 6.05. The van der Waals surface area contributed by atoms with E-state index in [1.165, 1.54) is 0 Å². The quantitative estimate of drug-likeness (QED) is 0.478. The molecule has 1 aliphatic rings. The fourth-order valence-electron chi connectivity index (χ4n) is 1.96. The lowest BCUT2D eigenvalue weighted by atomic mass is 10.2. The first-order chi connectivity index (χ1) is 10.6. The summed E-state index contributed by atoms with van der Waals surface area (Å²) >= 11 is 17.0. The minimum Gasteiger partial charge on any atom is -0.379 e. The molecule has 1 aromatic carbocycles. The van der Waals surface area contributed by atoms with E-state index in [1.54, 1.807) is 24.4 Å². The molecule has 0 unspecified atom stereocenters. The Kier molecular flexibility index (Phi) is 7.35. The molecule has 2 rings (SSSR count). The SMILES string of the molecule is S=C(NCCN1CCOCC1)N/N=C\c1ccc(Cl)cc1Cl. The lowest BCUT2D eigenvalue weighted by molar-refractivity contribution is 0.0389. The number of hydrogen-bond acceptors (Lipinski definition) is 4. The average molecular weight is 361 g/mol. The number of hydrazone groups is 1. The molecule has 1 aromatic rings. The molecule has 8 heteroatoms. The van der Waals surface area contributed by atoms with Gasteiger partial charge in [0.1, 0.15) is 0 Å². The van der Waals surface area contributed by atoms with Crippen LogP contribution in [-0.2, 0) is 4.74 Å². The molecule has 0 saturated carbocycles. The molecular formula is C14H18Cl2N4OS. The van der Waals surface area contributed by atoms with E-state index in [-0.39, 0.29) is 0 Å². The Bertz CT molecular complexity index is 536. The number of morpholine rings is 1. The van der Waals surface area contributed by atoms with Gasteiger partial charge in [0.25, 0.3) is 0 Å². The van der Waals surface area contributed by atoms with Gasteiger partial charge in [0.15, 0.2) is 5.11 Å². The van der Waals surface area contributed by atoms with Crippen molar-refractivity contribution in [3.63, 3.8) is 0 Å². The van der Waals surface area contributed by atoms with Crippen LogP contribution in [0.3, 0.4) is 0 Å². The molecular weight excluding hydrogens is 343 g/mol. The first kappa shape index (κ1) is 17.4. The number of benzene rings is 1. The van der Waals surface area contributed by atoms with E-state index >= 15 is 0 Å². The second kappa shape index (κ2) is 9.27. The predicted octanol–water partition coefficient (Wildman–Crippen LogP) is 2.12. The first-order valence-electron chi connectivity index (χ1n) is 6.97. The van der Waals surface area contributed by atoms with Crippen LogP contribution in [0, 0.1) is 0 Å². The second-order valence-corrected chi connectivity index (χ2v) is 6.00. The van der Waals surface area contributed by atoms with Crippen molar-refractivity contribution in [2.45, 2.75) is 0 Å². The third-order valence-corrected chi connectivity index (χ3v) is 3.95. The third kappa shape index (κ3) is 6.06. The monoisotopic (exact) mass is 360 g/mol. The number of nitrogens with zero attached hydrogens (tertiary/aromatic N) is 2. The van der Waals surface area contributed by atoms with E-state index in [2.05, 4.69) is 20.7 Å². The molecule has 1 heterocycles. The van der Waals surface area contributed by atoms with Crippen molar-refractivity contribution in [1.29, 1.82) is 0 Å². The minimum absolute atomic E-state index is 0.481. The summed E-state index contributed by atoms with van der Waals surface area (Å²) in [4.78, 5) is 2.33. The third-order valence-electron chi connectivity index (χ3n) is 3.15. The smallest absolute Gasteiger partial charge is 0.187 e. The summed E-state index contributed by atoms with van der Waals surface area (Å²) in [5.41, 5.74) is 3.54. The Morgan fingerprint density at radius 3 is 2.86 bits per heavy atom. The lowest BCUT2D eigenvalue weighted by Crippen LogP contribution is -2.42. The Balaban J connectivity index is 1.67. The largest absolute Gasteiger partial charge is 0.379 e. The van der Waals surface area contributed by atoms with Gasteiger partial charge in [-0.25, -0.2) is 0 Å². The molecule has 0 amide bonds. The molecule has 1 saturated heterocycles. The number of nitrogens with one attached hydrogen (secondary N) is 2. The van der Waals surface area contributed by atoms with Crippen LogP contribution < -0.4 is 10.7 Å². The van der Waals surface area contributed by atoms with Crippen molar-refractivity contribution in [2.24, 2.45) is 5.10 Å². The Morgan fingerprint density at radius 1 is 1.36 bits per heavy atom. The van der Waals surface area contributed by atoms with E-state index in [4.69, 9.17) is 40.2 Å². The predicted molar refractivity (Wildman–Crippen MR) is 95.1 cm³/mol. The van der Waals surface area contributed by atoms with Crippen molar-refractivity contribution >= 4 is 46.7 Å². The van der Waals surface area contributed by atoms with Crippen LogP contribution in [0.1, 0.15) is 5.56 Å². The molecule has 0 aromatic heterocycles. The van der Waals surface area contributed by atoms with E-state index in [1.807, 2.05) is 0 Å². The van der Waals surface area contributed by atoms with Gasteiger partial charge in [0, 0.05) is 36.8 Å². The zero-order valence-corrected chi connectivity index (χ0v) is 14.3. The van der Waals surface area contributed by atoms with E-state index < -0.39 is 0 Å². The number of rotatable bonds is 5. The Hall–Kier alpha value is -0.920. The van der Waals surface area contributed by atoms with Crippen LogP contribution in [0.4, 0.5) is 0 Å². The van der Waals surface area contributed by atoms with E-state index in [0.717, 1.165) is 45.0 Å². The fraction of sp³-hybridized carbons (Fsp3) is 0.429. The van der Waals surface area contributed by atoms with Gasteiger partial charge in [0.2, 0.25) is 0 Å². The van der Waals surface area contributed by atoms with Crippen LogP contribution in [0.15, 0.2) is 23.3 Å². The summed E-state index contributed by atoms with van der Waals surface area (Å²) < 4.78 is 5.30. The molecule has 0 spiro atoms. The van der Waals surface area contributed by atoms with Gasteiger partial charge in [-0.2, -0.15) is 5.10 Å². The highest BCUT2D eigenvalue weighted by Gasteiger charge is 2.09. The highest BCUT2D eigenvalue weighted by Crippen LogP contribution is 2.19. The second-order valence-electron chi connectivity index (χ2n) is 4.75. The van der Waals surface area contributed by atoms with Gasteiger partial charge in [-0.3, -0.25) is 10.3 Å². The fourth-order valence-corrected chi connectivity index (χ4v) is 2.57. The van der Waals surface area contributed by atoms with Crippen LogP contribution in [0.5, 0.6) is 0 Å². The van der Waals surface area contributed by atoms with Crippen molar-refractivity contribution in [3.05, 3.63) is 33.8 Å². The Morgan fingerprint density at radius 2 is 2.14 bits per heavy atom. The molecule has 0 bridgehead atoms. The summed E-state index contributed by atoms with van der Waals surface area (Å²) in [6.45, 7) is 5.23. The van der Waals surface area contributed by atoms with Crippen LogP contribution in [0.25, 0.3) is 0 Å². The topological polar surface area (TPSA) is 48.9 Å². The van der Waals surface area contributed by atoms with Crippen molar-refractivity contribution in [1.82, 2.24) is 15.6 Å². The molecule has 0 atom stereocenters. The molecule has 5 nitrogen and oxygen atoms in total. The maximum absolute atomic E-state index is 6.05. The number of ether oxygens (including phenoxy) is 1. The Labute approximate surface area is 145 Å². The summed E-state index contributed by atoms with van der Waals surface area (Å²) in [5.74, 6) is 0. The van der Waals surface area contributed by atoms with Crippen LogP contribution in [0.2, 0.25) is 10.0 Å². The highest BCUT2D eigenvalue weighted by atomic mass is 35.5. The minimum atomic E-state index is 0.481. The molecule has 120 valence electrons.